The van der Waals surface area contributed by atoms with Gasteiger partial charge in [0.1, 0.15) is 5.75 Å². The van der Waals surface area contributed by atoms with Gasteiger partial charge in [-0.25, -0.2) is 4.98 Å². The molecule has 0 atom stereocenters. The molecule has 2 heterocycles. The molecule has 0 aliphatic heterocycles. The van der Waals surface area contributed by atoms with Crippen LogP contribution in [0.2, 0.25) is 0 Å². The molecule has 0 spiro atoms. The number of anilines is 1. The maximum atomic E-state index is 12.1. The molecule has 130 valence electrons. The fourth-order valence-electron chi connectivity index (χ4n) is 2.25. The van der Waals surface area contributed by atoms with Crippen LogP contribution in [0.3, 0.4) is 0 Å². The number of thioether (sulfide) groups is 1. The number of thiazole rings is 1. The minimum atomic E-state index is -0.119. The van der Waals surface area contributed by atoms with E-state index in [-0.39, 0.29) is 17.2 Å². The van der Waals surface area contributed by atoms with E-state index in [4.69, 9.17) is 4.74 Å². The van der Waals surface area contributed by atoms with Crippen LogP contribution in [0.5, 0.6) is 5.75 Å². The molecule has 2 aromatic heterocycles. The van der Waals surface area contributed by atoms with Gasteiger partial charge in [-0.15, -0.1) is 23.1 Å². The zero-order valence-corrected chi connectivity index (χ0v) is 15.2. The van der Waals surface area contributed by atoms with E-state index >= 15 is 0 Å². The first kappa shape index (κ1) is 17.5. The smallest absolute Gasteiger partial charge is 0.258 e. The number of hydrogen-bond acceptors (Lipinski definition) is 6. The van der Waals surface area contributed by atoms with Crippen molar-refractivity contribution in [1.29, 1.82) is 0 Å². The molecule has 3 rings (SSSR count). The first-order valence-electron chi connectivity index (χ1n) is 7.72. The fourth-order valence-corrected chi connectivity index (χ4v) is 3.70. The lowest BCUT2D eigenvalue weighted by Gasteiger charge is -2.11. The Bertz CT molecular complexity index is 936. The zero-order chi connectivity index (χ0) is 17.6. The summed E-state index contributed by atoms with van der Waals surface area (Å²) in [6, 6.07) is 8.84. The first-order chi connectivity index (χ1) is 12.2. The van der Waals surface area contributed by atoms with Crippen molar-refractivity contribution in [3.8, 4) is 5.75 Å². The van der Waals surface area contributed by atoms with E-state index in [1.165, 1.54) is 33.6 Å². The summed E-state index contributed by atoms with van der Waals surface area (Å²) >= 11 is 2.83. The van der Waals surface area contributed by atoms with Gasteiger partial charge in [-0.1, -0.05) is 12.1 Å². The Hall–Kier alpha value is -2.32. The number of carbonyl (C=O) groups excluding carboxylic acids is 1. The molecule has 1 amide bonds. The Morgan fingerprint density at radius 3 is 3.08 bits per heavy atom. The van der Waals surface area contributed by atoms with Crippen molar-refractivity contribution in [3.05, 3.63) is 58.0 Å². The van der Waals surface area contributed by atoms with E-state index < -0.39 is 0 Å². The average molecular weight is 375 g/mol. The third kappa shape index (κ3) is 4.40. The van der Waals surface area contributed by atoms with Crippen molar-refractivity contribution >= 4 is 39.7 Å². The second kappa shape index (κ2) is 8.17. The van der Waals surface area contributed by atoms with E-state index in [2.05, 4.69) is 10.3 Å². The van der Waals surface area contributed by atoms with Gasteiger partial charge in [0.15, 0.2) is 4.96 Å². The number of aromatic nitrogens is 2. The lowest BCUT2D eigenvalue weighted by molar-refractivity contribution is -0.113. The van der Waals surface area contributed by atoms with Gasteiger partial charge in [-0.3, -0.25) is 14.0 Å². The van der Waals surface area contributed by atoms with Gasteiger partial charge in [0, 0.05) is 23.4 Å². The molecular formula is C17H17N3O3S2. The van der Waals surface area contributed by atoms with Crippen LogP contribution in [0, 0.1) is 0 Å². The summed E-state index contributed by atoms with van der Waals surface area (Å²) in [4.78, 5) is 29.1. The lowest BCUT2D eigenvalue weighted by Crippen LogP contribution is -2.16. The Morgan fingerprint density at radius 1 is 1.40 bits per heavy atom. The van der Waals surface area contributed by atoms with E-state index in [1.54, 1.807) is 12.3 Å². The summed E-state index contributed by atoms with van der Waals surface area (Å²) in [6.45, 7) is 2.43. The highest BCUT2D eigenvalue weighted by molar-refractivity contribution is 7.99. The van der Waals surface area contributed by atoms with Crippen LogP contribution >= 0.6 is 23.1 Å². The van der Waals surface area contributed by atoms with Crippen LogP contribution < -0.4 is 15.6 Å². The number of hydrogen-bond donors (Lipinski definition) is 1. The number of benzene rings is 1. The van der Waals surface area contributed by atoms with Gasteiger partial charge in [0.05, 0.1) is 23.7 Å². The van der Waals surface area contributed by atoms with Crippen LogP contribution in [0.1, 0.15) is 12.6 Å². The van der Waals surface area contributed by atoms with Gasteiger partial charge in [-0.2, -0.15) is 0 Å². The van der Waals surface area contributed by atoms with E-state index in [9.17, 15) is 9.59 Å². The molecule has 3 aromatic rings. The highest BCUT2D eigenvalue weighted by Crippen LogP contribution is 2.24. The Morgan fingerprint density at radius 2 is 2.24 bits per heavy atom. The number of para-hydroxylation sites is 2. The molecule has 1 N–H and O–H groups in total. The van der Waals surface area contributed by atoms with Gasteiger partial charge in [-0.05, 0) is 19.1 Å². The Labute approximate surface area is 152 Å². The van der Waals surface area contributed by atoms with E-state index in [0.29, 0.717) is 34.5 Å². The molecule has 0 saturated carbocycles. The normalized spacial score (nSPS) is 10.8. The molecule has 0 fully saturated rings. The summed E-state index contributed by atoms with van der Waals surface area (Å²) in [5, 5.41) is 4.67. The number of rotatable bonds is 7. The van der Waals surface area contributed by atoms with Crippen molar-refractivity contribution in [2.75, 3.05) is 17.7 Å². The molecule has 0 radical (unpaired) electrons. The molecule has 1 aromatic carbocycles. The topological polar surface area (TPSA) is 72.7 Å². The summed E-state index contributed by atoms with van der Waals surface area (Å²) < 4.78 is 7.00. The molecule has 0 aliphatic rings. The SMILES string of the molecule is CCOc1ccccc1NC(=O)CSCc1cc(=O)n2ccsc2n1. The predicted molar refractivity (Wildman–Crippen MR) is 102 cm³/mol. The molecule has 0 unspecified atom stereocenters. The summed E-state index contributed by atoms with van der Waals surface area (Å²) in [7, 11) is 0. The van der Waals surface area contributed by atoms with Gasteiger partial charge < -0.3 is 10.1 Å². The molecule has 0 saturated heterocycles. The molecular weight excluding hydrogens is 358 g/mol. The minimum Gasteiger partial charge on any atom is -0.492 e. The highest BCUT2D eigenvalue weighted by Gasteiger charge is 2.09. The average Bonchev–Trinajstić information content (AvgIpc) is 3.06. The van der Waals surface area contributed by atoms with Crippen LogP contribution in [0.15, 0.2) is 46.7 Å². The number of fused-ring (bicyclic) bond motifs is 1. The third-order valence-electron chi connectivity index (χ3n) is 3.30. The van der Waals surface area contributed by atoms with Crippen LogP contribution in [0.4, 0.5) is 5.69 Å². The number of carbonyl (C=O) groups is 1. The number of nitrogens with one attached hydrogen (secondary N) is 1. The summed E-state index contributed by atoms with van der Waals surface area (Å²) in [5.74, 6) is 1.31. The van der Waals surface area contributed by atoms with Crippen molar-refractivity contribution in [2.24, 2.45) is 0 Å². The molecule has 8 heteroatoms. The maximum absolute atomic E-state index is 12.1. The Balaban J connectivity index is 1.56. The molecule has 0 aliphatic carbocycles. The van der Waals surface area contributed by atoms with Gasteiger partial charge in [0.2, 0.25) is 5.91 Å². The van der Waals surface area contributed by atoms with Crippen molar-refractivity contribution in [1.82, 2.24) is 9.38 Å². The second-order valence-electron chi connectivity index (χ2n) is 5.11. The largest absolute Gasteiger partial charge is 0.492 e. The Kier molecular flexibility index (Phi) is 5.72. The quantitative estimate of drug-likeness (QED) is 0.687. The van der Waals surface area contributed by atoms with Crippen LogP contribution in [-0.2, 0) is 10.5 Å². The molecule has 0 bridgehead atoms. The van der Waals surface area contributed by atoms with Crippen molar-refractivity contribution in [3.63, 3.8) is 0 Å². The number of amides is 1. The fraction of sp³-hybridized carbons (Fsp3) is 0.235. The van der Waals surface area contributed by atoms with Crippen molar-refractivity contribution in [2.45, 2.75) is 12.7 Å². The highest BCUT2D eigenvalue weighted by atomic mass is 32.2. The first-order valence-corrected chi connectivity index (χ1v) is 9.76. The number of nitrogens with zero attached hydrogens (tertiary/aromatic N) is 2. The second-order valence-corrected chi connectivity index (χ2v) is 6.97. The minimum absolute atomic E-state index is 0.100. The summed E-state index contributed by atoms with van der Waals surface area (Å²) in [6.07, 6.45) is 1.70. The van der Waals surface area contributed by atoms with E-state index in [1.807, 2.05) is 30.5 Å². The standard InChI is InChI=1S/C17H17N3O3S2/c1-2-23-14-6-4-3-5-13(14)19-15(21)11-24-10-12-9-16(22)20-7-8-25-17(20)18-12/h3-9H,2,10-11H2,1H3,(H,19,21). The van der Waals surface area contributed by atoms with Crippen LogP contribution in [-0.4, -0.2) is 27.7 Å². The summed E-state index contributed by atoms with van der Waals surface area (Å²) in [5.41, 5.74) is 1.24. The van der Waals surface area contributed by atoms with Gasteiger partial charge >= 0.3 is 0 Å². The lowest BCUT2D eigenvalue weighted by atomic mass is 10.3. The number of ether oxygens (including phenoxy) is 1. The third-order valence-corrected chi connectivity index (χ3v) is 5.02. The predicted octanol–water partition coefficient (Wildman–Crippen LogP) is 3.03. The maximum Gasteiger partial charge on any atom is 0.258 e. The molecule has 25 heavy (non-hydrogen) atoms. The molecule has 6 nitrogen and oxygen atoms in total. The van der Waals surface area contributed by atoms with Crippen molar-refractivity contribution < 1.29 is 9.53 Å². The van der Waals surface area contributed by atoms with E-state index in [0.717, 1.165) is 0 Å². The van der Waals surface area contributed by atoms with Crippen LogP contribution in [0.25, 0.3) is 4.96 Å². The van der Waals surface area contributed by atoms with Gasteiger partial charge in [0.25, 0.3) is 5.56 Å². The zero-order valence-electron chi connectivity index (χ0n) is 13.6. The monoisotopic (exact) mass is 375 g/mol.